The molecule has 0 radical (unpaired) electrons. The molecule has 1 nitrogen and oxygen atoms in total. The third kappa shape index (κ3) is 5.90. The first-order valence-electron chi connectivity index (χ1n) is 7.24. The molecule has 0 bridgehead atoms. The maximum Gasteiger partial charge on any atom is 0.0298 e. The van der Waals surface area contributed by atoms with E-state index < -0.39 is 0 Å². The van der Waals surface area contributed by atoms with Crippen LogP contribution in [-0.2, 0) is 6.42 Å². The van der Waals surface area contributed by atoms with Gasteiger partial charge in [0.25, 0.3) is 0 Å². The van der Waals surface area contributed by atoms with Crippen molar-refractivity contribution in [3.8, 4) is 0 Å². The highest BCUT2D eigenvalue weighted by Gasteiger charge is 2.08. The van der Waals surface area contributed by atoms with Crippen LogP contribution >= 0.6 is 0 Å². The van der Waals surface area contributed by atoms with Gasteiger partial charge >= 0.3 is 0 Å². The normalized spacial score (nSPS) is 12.1. The number of hydrogen-bond donors (Lipinski definition) is 1. The van der Waals surface area contributed by atoms with E-state index in [0.29, 0.717) is 6.04 Å². The molecule has 0 saturated heterocycles. The van der Waals surface area contributed by atoms with Crippen molar-refractivity contribution in [1.29, 1.82) is 0 Å². The van der Waals surface area contributed by atoms with E-state index in [1.54, 1.807) is 0 Å². The minimum atomic E-state index is 0.529. The average Bonchev–Trinajstić information content (AvgIpc) is 2.38. The minimum Gasteiger partial charge on any atom is -0.386 e. The molecule has 0 amide bonds. The number of rotatable bonds is 9. The van der Waals surface area contributed by atoms with E-state index in [9.17, 15) is 0 Å². The summed E-state index contributed by atoms with van der Waals surface area (Å²) in [6, 6.07) is 11.3. The Kier molecular flexibility index (Phi) is 7.24. The number of nitrogens with one attached hydrogen (secondary N) is 1. The summed E-state index contributed by atoms with van der Waals surface area (Å²) in [5.41, 5.74) is 2.61. The minimum absolute atomic E-state index is 0.529. The largest absolute Gasteiger partial charge is 0.386 e. The third-order valence-electron chi connectivity index (χ3n) is 3.20. The summed E-state index contributed by atoms with van der Waals surface area (Å²) in [5.74, 6) is 0. The molecule has 100 valence electrons. The number of unbranched alkanes of at least 4 members (excludes halogenated alkanes) is 1. The summed E-state index contributed by atoms with van der Waals surface area (Å²) in [4.78, 5) is 0. The maximum atomic E-state index is 4.14. The molecule has 0 heterocycles. The van der Waals surface area contributed by atoms with Crippen LogP contribution in [0.5, 0.6) is 0 Å². The molecule has 0 spiro atoms. The van der Waals surface area contributed by atoms with Gasteiger partial charge in [-0.05, 0) is 31.2 Å². The summed E-state index contributed by atoms with van der Waals surface area (Å²) < 4.78 is 0. The van der Waals surface area contributed by atoms with Gasteiger partial charge in [-0.1, -0.05) is 63.6 Å². The van der Waals surface area contributed by atoms with Crippen molar-refractivity contribution in [2.45, 2.75) is 58.4 Å². The fourth-order valence-electron chi connectivity index (χ4n) is 2.22. The SMILES string of the molecule is C=C(CCCC)NC(CCC)Cc1ccccc1. The van der Waals surface area contributed by atoms with E-state index in [0.717, 1.165) is 12.8 Å². The second-order valence-corrected chi connectivity index (χ2v) is 5.03. The van der Waals surface area contributed by atoms with E-state index >= 15 is 0 Å². The molecule has 0 aliphatic heterocycles. The van der Waals surface area contributed by atoms with Crippen molar-refractivity contribution in [2.75, 3.05) is 0 Å². The van der Waals surface area contributed by atoms with Crippen molar-refractivity contribution in [1.82, 2.24) is 5.32 Å². The number of allylic oxidation sites excluding steroid dienone is 1. The molecule has 0 saturated carbocycles. The molecule has 0 aliphatic carbocycles. The van der Waals surface area contributed by atoms with Crippen molar-refractivity contribution in [3.63, 3.8) is 0 Å². The monoisotopic (exact) mass is 245 g/mol. The molecule has 1 rings (SSSR count). The molecular weight excluding hydrogens is 218 g/mol. The number of benzene rings is 1. The van der Waals surface area contributed by atoms with Gasteiger partial charge < -0.3 is 5.32 Å². The van der Waals surface area contributed by atoms with Crippen LogP contribution in [0.25, 0.3) is 0 Å². The van der Waals surface area contributed by atoms with Crippen LogP contribution < -0.4 is 5.32 Å². The van der Waals surface area contributed by atoms with Gasteiger partial charge in [0.05, 0.1) is 0 Å². The highest BCUT2D eigenvalue weighted by Crippen LogP contribution is 2.11. The van der Waals surface area contributed by atoms with Gasteiger partial charge in [0.1, 0.15) is 0 Å². The van der Waals surface area contributed by atoms with Crippen LogP contribution in [0.3, 0.4) is 0 Å². The first-order valence-corrected chi connectivity index (χ1v) is 7.24. The van der Waals surface area contributed by atoms with E-state index in [2.05, 4.69) is 56.1 Å². The van der Waals surface area contributed by atoms with E-state index in [1.807, 2.05) is 0 Å². The van der Waals surface area contributed by atoms with Gasteiger partial charge in [0, 0.05) is 11.7 Å². The predicted molar refractivity (Wildman–Crippen MR) is 80.6 cm³/mol. The zero-order valence-corrected chi connectivity index (χ0v) is 11.9. The molecule has 1 unspecified atom stereocenters. The van der Waals surface area contributed by atoms with Gasteiger partial charge in [0.2, 0.25) is 0 Å². The van der Waals surface area contributed by atoms with Gasteiger partial charge in [-0.15, -0.1) is 0 Å². The van der Waals surface area contributed by atoms with Crippen LogP contribution in [0.2, 0.25) is 0 Å². The van der Waals surface area contributed by atoms with Crippen LogP contribution in [0.15, 0.2) is 42.6 Å². The van der Waals surface area contributed by atoms with Crippen molar-refractivity contribution in [3.05, 3.63) is 48.2 Å². The molecule has 1 atom stereocenters. The summed E-state index contributed by atoms with van der Waals surface area (Å²) in [5, 5.41) is 3.61. The first kappa shape index (κ1) is 14.8. The summed E-state index contributed by atoms with van der Waals surface area (Å²) >= 11 is 0. The molecule has 18 heavy (non-hydrogen) atoms. The summed E-state index contributed by atoms with van der Waals surface area (Å²) in [6.45, 7) is 8.61. The molecule has 1 N–H and O–H groups in total. The Labute approximate surface area is 112 Å². The zero-order chi connectivity index (χ0) is 13.2. The molecule has 1 aromatic carbocycles. The second-order valence-electron chi connectivity index (χ2n) is 5.03. The Bertz CT molecular complexity index is 329. The van der Waals surface area contributed by atoms with E-state index in [1.165, 1.54) is 36.9 Å². The third-order valence-corrected chi connectivity index (χ3v) is 3.20. The molecule has 0 aromatic heterocycles. The van der Waals surface area contributed by atoms with Gasteiger partial charge in [-0.25, -0.2) is 0 Å². The predicted octanol–water partition coefficient (Wildman–Crippen LogP) is 4.69. The van der Waals surface area contributed by atoms with Crippen molar-refractivity contribution < 1.29 is 0 Å². The Morgan fingerprint density at radius 1 is 1.17 bits per heavy atom. The van der Waals surface area contributed by atoms with Crippen molar-refractivity contribution in [2.24, 2.45) is 0 Å². The lowest BCUT2D eigenvalue weighted by atomic mass is 10.0. The first-order chi connectivity index (χ1) is 8.76. The van der Waals surface area contributed by atoms with Gasteiger partial charge in [0.15, 0.2) is 0 Å². The van der Waals surface area contributed by atoms with E-state index in [4.69, 9.17) is 0 Å². The topological polar surface area (TPSA) is 12.0 Å². The Balaban J connectivity index is 2.46. The average molecular weight is 245 g/mol. The summed E-state index contributed by atoms with van der Waals surface area (Å²) in [7, 11) is 0. The van der Waals surface area contributed by atoms with Crippen molar-refractivity contribution >= 4 is 0 Å². The fourth-order valence-corrected chi connectivity index (χ4v) is 2.22. The molecule has 0 aliphatic rings. The molecule has 0 fully saturated rings. The lowest BCUT2D eigenvalue weighted by Gasteiger charge is -2.21. The fraction of sp³-hybridized carbons (Fsp3) is 0.529. The van der Waals surface area contributed by atoms with Gasteiger partial charge in [-0.2, -0.15) is 0 Å². The lowest BCUT2D eigenvalue weighted by Crippen LogP contribution is -2.30. The molecule has 1 aromatic rings. The quantitative estimate of drug-likeness (QED) is 0.665. The molecular formula is C17H27N. The highest BCUT2D eigenvalue weighted by atomic mass is 14.9. The summed E-state index contributed by atoms with van der Waals surface area (Å²) in [6.07, 6.45) is 7.09. The zero-order valence-electron chi connectivity index (χ0n) is 11.9. The lowest BCUT2D eigenvalue weighted by molar-refractivity contribution is 0.504. The van der Waals surface area contributed by atoms with E-state index in [-0.39, 0.29) is 0 Å². The Hall–Kier alpha value is -1.24. The second kappa shape index (κ2) is 8.79. The van der Waals surface area contributed by atoms with Crippen LogP contribution in [-0.4, -0.2) is 6.04 Å². The van der Waals surface area contributed by atoms with Crippen LogP contribution in [0.1, 0.15) is 51.5 Å². The Morgan fingerprint density at radius 2 is 1.89 bits per heavy atom. The van der Waals surface area contributed by atoms with Crippen LogP contribution in [0.4, 0.5) is 0 Å². The smallest absolute Gasteiger partial charge is 0.0298 e. The Morgan fingerprint density at radius 3 is 2.50 bits per heavy atom. The van der Waals surface area contributed by atoms with Crippen LogP contribution in [0, 0.1) is 0 Å². The number of hydrogen-bond acceptors (Lipinski definition) is 1. The molecule has 1 heteroatoms. The highest BCUT2D eigenvalue weighted by molar-refractivity contribution is 5.16. The van der Waals surface area contributed by atoms with Gasteiger partial charge in [-0.3, -0.25) is 0 Å². The standard InChI is InChI=1S/C17H27N/c1-4-6-11-15(3)18-17(10-5-2)14-16-12-8-7-9-13-16/h7-9,12-13,17-18H,3-6,10-11,14H2,1-2H3. The maximum absolute atomic E-state index is 4.14.